The Bertz CT molecular complexity index is 884. The van der Waals surface area contributed by atoms with E-state index in [9.17, 15) is 5.02 Å². The normalized spacial score (nSPS) is 14.5. The van der Waals surface area contributed by atoms with Crippen molar-refractivity contribution in [1.29, 1.82) is 0 Å². The van der Waals surface area contributed by atoms with Gasteiger partial charge in [-0.25, -0.2) is 0 Å². The Kier molecular flexibility index (Phi) is 2.82. The van der Waals surface area contributed by atoms with Crippen LogP contribution in [0.25, 0.3) is 21.9 Å². The summed E-state index contributed by atoms with van der Waals surface area (Å²) in [7, 11) is 0.774. The van der Waals surface area contributed by atoms with Crippen molar-refractivity contribution in [3.8, 4) is 16.9 Å². The Hall–Kier alpha value is -2.26. The van der Waals surface area contributed by atoms with E-state index in [4.69, 9.17) is 4.65 Å². The van der Waals surface area contributed by atoms with Gasteiger partial charge in [-0.2, -0.15) is 0 Å². The van der Waals surface area contributed by atoms with E-state index in [1.807, 2.05) is 24.3 Å². The van der Waals surface area contributed by atoms with Crippen LogP contribution in [0.1, 0.15) is 25.0 Å². The van der Waals surface area contributed by atoms with Crippen LogP contribution in [0.4, 0.5) is 0 Å². The molecule has 1 aliphatic carbocycles. The first-order chi connectivity index (χ1) is 10.6. The third-order valence-electron chi connectivity index (χ3n) is 4.72. The van der Waals surface area contributed by atoms with Crippen LogP contribution in [0.15, 0.2) is 54.6 Å². The van der Waals surface area contributed by atoms with Crippen LogP contribution in [0.3, 0.4) is 0 Å². The van der Waals surface area contributed by atoms with Gasteiger partial charge in [-0.05, 0) is 28.1 Å². The number of hydrogen-bond acceptors (Lipinski definition) is 2. The van der Waals surface area contributed by atoms with Crippen LogP contribution in [-0.4, -0.2) is 12.7 Å². The maximum Gasteiger partial charge on any atom is 0.569 e. The van der Waals surface area contributed by atoms with Gasteiger partial charge in [0.2, 0.25) is 0 Å². The lowest BCUT2D eigenvalue weighted by molar-refractivity contribution is 0.457. The fraction of sp³-hybridized carbons (Fsp3) is 0.158. The summed E-state index contributed by atoms with van der Waals surface area (Å²) in [6.45, 7) is 4.47. The monoisotopic (exact) mass is 287 g/mol. The Morgan fingerprint density at radius 1 is 0.955 bits per heavy atom. The number of fused-ring (bicyclic) bond motifs is 4. The molecule has 1 N–H and O–H groups in total. The van der Waals surface area contributed by atoms with E-state index < -0.39 is 0 Å². The van der Waals surface area contributed by atoms with Gasteiger partial charge in [0.25, 0.3) is 0 Å². The van der Waals surface area contributed by atoms with E-state index in [2.05, 4.69) is 44.2 Å². The maximum atomic E-state index is 9.24. The highest BCUT2D eigenvalue weighted by Crippen LogP contribution is 2.54. The van der Waals surface area contributed by atoms with E-state index in [0.717, 1.165) is 29.8 Å². The lowest BCUT2D eigenvalue weighted by atomic mass is 9.82. The summed E-state index contributed by atoms with van der Waals surface area (Å²) in [6.07, 6.45) is 0. The van der Waals surface area contributed by atoms with Crippen molar-refractivity contribution in [2.45, 2.75) is 19.3 Å². The summed E-state index contributed by atoms with van der Waals surface area (Å²) in [5, 5.41) is 11.4. The van der Waals surface area contributed by atoms with Gasteiger partial charge in [0.05, 0.1) is 0 Å². The van der Waals surface area contributed by atoms with E-state index in [-0.39, 0.29) is 5.41 Å². The molecule has 0 heterocycles. The van der Waals surface area contributed by atoms with Gasteiger partial charge in [-0.1, -0.05) is 62.4 Å². The first-order valence-electron chi connectivity index (χ1n) is 7.43. The molecule has 2 nitrogen and oxygen atoms in total. The number of benzene rings is 3. The SMILES string of the molecule is CC1(C)c2ccccc2-c2c1cc1ccccc1c2O[B]O. The topological polar surface area (TPSA) is 29.5 Å². The molecule has 4 rings (SSSR count). The zero-order chi connectivity index (χ0) is 15.3. The van der Waals surface area contributed by atoms with Crippen LogP contribution < -0.4 is 4.65 Å². The van der Waals surface area contributed by atoms with Crippen molar-refractivity contribution < 1.29 is 9.68 Å². The van der Waals surface area contributed by atoms with Crippen LogP contribution in [0.5, 0.6) is 5.75 Å². The highest BCUT2D eigenvalue weighted by atomic mass is 16.5. The Labute approximate surface area is 130 Å². The van der Waals surface area contributed by atoms with Crippen molar-refractivity contribution >= 4 is 18.5 Å². The minimum Gasteiger partial charge on any atom is -0.537 e. The predicted octanol–water partition coefficient (Wildman–Crippen LogP) is 4.05. The zero-order valence-corrected chi connectivity index (χ0v) is 12.6. The van der Waals surface area contributed by atoms with Crippen LogP contribution >= 0.6 is 0 Å². The molecule has 0 saturated heterocycles. The fourth-order valence-corrected chi connectivity index (χ4v) is 3.64. The Morgan fingerprint density at radius 3 is 2.50 bits per heavy atom. The molecule has 0 unspecified atom stereocenters. The molecular formula is C19H16BO2. The smallest absolute Gasteiger partial charge is 0.537 e. The molecule has 0 spiro atoms. The van der Waals surface area contributed by atoms with Gasteiger partial charge in [-0.15, -0.1) is 0 Å². The summed E-state index contributed by atoms with van der Waals surface area (Å²) in [4.78, 5) is 0. The van der Waals surface area contributed by atoms with Gasteiger partial charge in [0.15, 0.2) is 0 Å². The van der Waals surface area contributed by atoms with Gasteiger partial charge in [0, 0.05) is 16.4 Å². The highest BCUT2D eigenvalue weighted by Gasteiger charge is 2.37. The molecule has 0 saturated carbocycles. The minimum absolute atomic E-state index is 0.0798. The van der Waals surface area contributed by atoms with E-state index in [0.29, 0.717) is 0 Å². The number of hydrogen-bond donors (Lipinski definition) is 1. The first-order valence-corrected chi connectivity index (χ1v) is 7.43. The molecule has 107 valence electrons. The standard InChI is InChI=1S/C19H16BO2/c1-19(2)15-10-6-5-9-14(15)17-16(19)11-12-7-3-4-8-13(12)18(17)22-20-21/h3-11,21H,1-2H3. The Morgan fingerprint density at radius 2 is 1.68 bits per heavy atom. The molecule has 0 bridgehead atoms. The van der Waals surface area contributed by atoms with Crippen molar-refractivity contribution in [2.75, 3.05) is 0 Å². The fourth-order valence-electron chi connectivity index (χ4n) is 3.64. The second-order valence-corrected chi connectivity index (χ2v) is 6.24. The van der Waals surface area contributed by atoms with Gasteiger partial charge < -0.3 is 9.68 Å². The zero-order valence-electron chi connectivity index (χ0n) is 12.6. The Balaban J connectivity index is 2.17. The molecule has 0 fully saturated rings. The summed E-state index contributed by atoms with van der Waals surface area (Å²) in [5.41, 5.74) is 4.73. The highest BCUT2D eigenvalue weighted by molar-refractivity contribution is 6.19. The molecule has 1 radical (unpaired) electrons. The average molecular weight is 287 g/mol. The number of rotatable bonds is 2. The largest absolute Gasteiger partial charge is 0.569 e. The lowest BCUT2D eigenvalue weighted by Gasteiger charge is -2.22. The van der Waals surface area contributed by atoms with Gasteiger partial charge in [-0.3, -0.25) is 0 Å². The summed E-state index contributed by atoms with van der Waals surface area (Å²) >= 11 is 0. The van der Waals surface area contributed by atoms with Crippen molar-refractivity contribution in [1.82, 2.24) is 0 Å². The second-order valence-electron chi connectivity index (χ2n) is 6.24. The molecule has 1 aliphatic rings. The molecule has 22 heavy (non-hydrogen) atoms. The minimum atomic E-state index is -0.0798. The van der Waals surface area contributed by atoms with Crippen molar-refractivity contribution in [3.05, 3.63) is 65.7 Å². The maximum absolute atomic E-state index is 9.24. The lowest BCUT2D eigenvalue weighted by Crippen LogP contribution is -2.15. The third kappa shape index (κ3) is 1.66. The summed E-state index contributed by atoms with van der Waals surface area (Å²) in [6, 6.07) is 18.8. The average Bonchev–Trinajstić information content (AvgIpc) is 2.76. The molecule has 0 aliphatic heterocycles. The second kappa shape index (κ2) is 4.62. The quantitative estimate of drug-likeness (QED) is 0.720. The van der Waals surface area contributed by atoms with Gasteiger partial charge >= 0.3 is 7.69 Å². The van der Waals surface area contributed by atoms with Crippen molar-refractivity contribution in [2.24, 2.45) is 0 Å². The van der Waals surface area contributed by atoms with Crippen molar-refractivity contribution in [3.63, 3.8) is 0 Å². The molecule has 3 aromatic carbocycles. The first kappa shape index (κ1) is 13.4. The molecule has 0 amide bonds. The third-order valence-corrected chi connectivity index (χ3v) is 4.72. The van der Waals surface area contributed by atoms with E-state index >= 15 is 0 Å². The van der Waals surface area contributed by atoms with Gasteiger partial charge in [0.1, 0.15) is 5.75 Å². The van der Waals surface area contributed by atoms with Crippen LogP contribution in [-0.2, 0) is 5.41 Å². The molecule has 0 aromatic heterocycles. The summed E-state index contributed by atoms with van der Waals surface area (Å²) < 4.78 is 5.54. The molecule has 3 aromatic rings. The van der Waals surface area contributed by atoms with Crippen LogP contribution in [0, 0.1) is 0 Å². The molecule has 0 atom stereocenters. The predicted molar refractivity (Wildman–Crippen MR) is 90.1 cm³/mol. The van der Waals surface area contributed by atoms with E-state index in [1.165, 1.54) is 16.7 Å². The molecular weight excluding hydrogens is 271 g/mol. The van der Waals surface area contributed by atoms with E-state index in [1.54, 1.807) is 0 Å². The van der Waals surface area contributed by atoms with Crippen LogP contribution in [0.2, 0.25) is 0 Å². The summed E-state index contributed by atoms with van der Waals surface area (Å²) in [5.74, 6) is 0.730. The molecule has 3 heteroatoms.